The van der Waals surface area contributed by atoms with Gasteiger partial charge in [0.2, 0.25) is 5.88 Å². The van der Waals surface area contributed by atoms with Crippen molar-refractivity contribution in [1.29, 1.82) is 0 Å². The molecule has 8 heteroatoms. The summed E-state index contributed by atoms with van der Waals surface area (Å²) in [5, 5.41) is 4.11. The maximum atomic E-state index is 13.1. The third-order valence-electron chi connectivity index (χ3n) is 5.41. The topological polar surface area (TPSA) is 98.2 Å². The van der Waals surface area contributed by atoms with Crippen molar-refractivity contribution >= 4 is 15.7 Å². The SMILES string of the molecule is CS(=O)(=O)/C=C/[C@@H](NC(=O)c1cnc(C2CC2)nc1Oc1ccccc1)C1CCC1. The number of amides is 1. The Morgan fingerprint density at radius 2 is 1.93 bits per heavy atom. The fourth-order valence-corrected chi connectivity index (χ4v) is 3.78. The van der Waals surface area contributed by atoms with E-state index in [1.807, 2.05) is 18.2 Å². The van der Waals surface area contributed by atoms with E-state index in [1.165, 1.54) is 6.20 Å². The van der Waals surface area contributed by atoms with Gasteiger partial charge < -0.3 is 10.1 Å². The molecule has 0 radical (unpaired) electrons. The van der Waals surface area contributed by atoms with Crippen LogP contribution in [-0.4, -0.2) is 36.6 Å². The van der Waals surface area contributed by atoms with Gasteiger partial charge >= 0.3 is 0 Å². The molecule has 0 bridgehead atoms. The van der Waals surface area contributed by atoms with Crippen molar-refractivity contribution < 1.29 is 17.9 Å². The Labute approximate surface area is 176 Å². The van der Waals surface area contributed by atoms with Gasteiger partial charge in [0.1, 0.15) is 17.1 Å². The van der Waals surface area contributed by atoms with E-state index >= 15 is 0 Å². The Hall–Kier alpha value is -2.74. The maximum Gasteiger partial charge on any atom is 0.258 e. The molecule has 2 saturated carbocycles. The van der Waals surface area contributed by atoms with E-state index in [1.54, 1.807) is 18.2 Å². The molecule has 2 aliphatic carbocycles. The van der Waals surface area contributed by atoms with Crippen LogP contribution in [-0.2, 0) is 9.84 Å². The molecule has 1 N–H and O–H groups in total. The fourth-order valence-electron chi connectivity index (χ4n) is 3.33. The second-order valence-electron chi connectivity index (χ2n) is 7.98. The maximum absolute atomic E-state index is 13.1. The standard InChI is InChI=1S/C22H25N3O4S/c1-30(27,28)13-12-19(15-6-5-7-15)24-21(26)18-14-23-20(16-10-11-16)25-22(18)29-17-8-3-2-4-9-17/h2-4,8-9,12-16,19H,5-7,10-11H2,1H3,(H,24,26)/b13-12+/t19-/m1/s1. The summed E-state index contributed by atoms with van der Waals surface area (Å²) in [5.41, 5.74) is 0.236. The number of benzene rings is 1. The van der Waals surface area contributed by atoms with E-state index < -0.39 is 9.84 Å². The average Bonchev–Trinajstić information content (AvgIpc) is 3.50. The van der Waals surface area contributed by atoms with Crippen molar-refractivity contribution in [2.75, 3.05) is 6.26 Å². The molecule has 0 saturated heterocycles. The van der Waals surface area contributed by atoms with E-state index in [0.29, 0.717) is 17.5 Å². The molecule has 0 unspecified atom stereocenters. The summed E-state index contributed by atoms with van der Waals surface area (Å²) in [4.78, 5) is 22.0. The van der Waals surface area contributed by atoms with Crippen LogP contribution in [0.4, 0.5) is 0 Å². The van der Waals surface area contributed by atoms with Crippen LogP contribution in [0.25, 0.3) is 0 Å². The first kappa shape index (κ1) is 20.5. The number of carbonyl (C=O) groups excluding carboxylic acids is 1. The quantitative estimate of drug-likeness (QED) is 0.691. The van der Waals surface area contributed by atoms with Crippen LogP contribution >= 0.6 is 0 Å². The normalized spacial score (nSPS) is 18.0. The average molecular weight is 428 g/mol. The molecule has 2 aliphatic rings. The summed E-state index contributed by atoms with van der Waals surface area (Å²) in [6.45, 7) is 0. The highest BCUT2D eigenvalue weighted by molar-refractivity contribution is 7.93. The van der Waals surface area contributed by atoms with Crippen molar-refractivity contribution in [3.05, 3.63) is 59.4 Å². The Kier molecular flexibility index (Phi) is 5.85. The molecule has 7 nitrogen and oxygen atoms in total. The summed E-state index contributed by atoms with van der Waals surface area (Å²) < 4.78 is 29.0. The molecule has 4 rings (SSSR count). The molecule has 2 aromatic rings. The number of hydrogen-bond donors (Lipinski definition) is 1. The Balaban J connectivity index is 1.59. The van der Waals surface area contributed by atoms with Gasteiger partial charge in [-0.05, 0) is 43.7 Å². The van der Waals surface area contributed by atoms with Crippen molar-refractivity contribution in [1.82, 2.24) is 15.3 Å². The molecular formula is C22H25N3O4S. The lowest BCUT2D eigenvalue weighted by Gasteiger charge is -2.32. The van der Waals surface area contributed by atoms with Crippen molar-refractivity contribution in [2.45, 2.75) is 44.1 Å². The zero-order valence-electron chi connectivity index (χ0n) is 16.8. The van der Waals surface area contributed by atoms with Gasteiger partial charge in [-0.3, -0.25) is 4.79 Å². The molecule has 1 aromatic heterocycles. The molecule has 0 spiro atoms. The van der Waals surface area contributed by atoms with Crippen LogP contribution < -0.4 is 10.1 Å². The number of hydrogen-bond acceptors (Lipinski definition) is 6. The molecule has 158 valence electrons. The summed E-state index contributed by atoms with van der Waals surface area (Å²) in [6, 6.07) is 8.81. The molecule has 30 heavy (non-hydrogen) atoms. The lowest BCUT2D eigenvalue weighted by molar-refractivity contribution is 0.0915. The molecule has 1 heterocycles. The van der Waals surface area contributed by atoms with Gasteiger partial charge in [-0.25, -0.2) is 13.4 Å². The third-order valence-corrected chi connectivity index (χ3v) is 6.06. The van der Waals surface area contributed by atoms with Crippen LogP contribution in [0.1, 0.15) is 54.2 Å². The number of ether oxygens (including phenoxy) is 1. The largest absolute Gasteiger partial charge is 0.438 e. The van der Waals surface area contributed by atoms with Crippen molar-refractivity contribution in [3.63, 3.8) is 0 Å². The van der Waals surface area contributed by atoms with Gasteiger partial charge in [-0.15, -0.1) is 0 Å². The zero-order chi connectivity index (χ0) is 21.1. The summed E-state index contributed by atoms with van der Waals surface area (Å²) in [6.07, 6.45) is 9.26. The molecule has 1 aromatic carbocycles. The second kappa shape index (κ2) is 8.55. The predicted octanol–water partition coefficient (Wildman–Crippen LogP) is 3.60. The smallest absolute Gasteiger partial charge is 0.258 e. The third kappa shape index (κ3) is 5.24. The molecular weight excluding hydrogens is 402 g/mol. The van der Waals surface area contributed by atoms with E-state index in [0.717, 1.165) is 43.8 Å². The lowest BCUT2D eigenvalue weighted by atomic mass is 9.79. The first-order valence-electron chi connectivity index (χ1n) is 10.2. The molecule has 2 fully saturated rings. The first-order valence-corrected chi connectivity index (χ1v) is 12.1. The zero-order valence-corrected chi connectivity index (χ0v) is 17.6. The highest BCUT2D eigenvalue weighted by Crippen LogP contribution is 2.39. The monoisotopic (exact) mass is 427 g/mol. The summed E-state index contributed by atoms with van der Waals surface area (Å²) in [7, 11) is -3.28. The number of aromatic nitrogens is 2. The van der Waals surface area contributed by atoms with Crippen LogP contribution in [0.5, 0.6) is 11.6 Å². The highest BCUT2D eigenvalue weighted by atomic mass is 32.2. The van der Waals surface area contributed by atoms with Crippen LogP contribution in [0.15, 0.2) is 48.0 Å². The Morgan fingerprint density at radius 1 is 1.20 bits per heavy atom. The highest BCUT2D eigenvalue weighted by Gasteiger charge is 2.31. The van der Waals surface area contributed by atoms with Gasteiger partial charge in [-0.1, -0.05) is 30.7 Å². The van der Waals surface area contributed by atoms with E-state index in [2.05, 4.69) is 15.3 Å². The number of nitrogens with zero attached hydrogens (tertiary/aromatic N) is 2. The summed E-state index contributed by atoms with van der Waals surface area (Å²) >= 11 is 0. The van der Waals surface area contributed by atoms with Gasteiger partial charge in [0.25, 0.3) is 5.91 Å². The number of carbonyl (C=O) groups is 1. The number of sulfone groups is 1. The van der Waals surface area contributed by atoms with Gasteiger partial charge in [-0.2, -0.15) is 4.98 Å². The minimum atomic E-state index is -3.28. The van der Waals surface area contributed by atoms with E-state index in [4.69, 9.17) is 4.74 Å². The summed E-state index contributed by atoms with van der Waals surface area (Å²) in [5.74, 6) is 1.65. The van der Waals surface area contributed by atoms with Gasteiger partial charge in [0.05, 0.1) is 6.04 Å². The van der Waals surface area contributed by atoms with Crippen LogP contribution in [0.3, 0.4) is 0 Å². The minimum Gasteiger partial charge on any atom is -0.438 e. The Bertz CT molecular complexity index is 1050. The van der Waals surface area contributed by atoms with Crippen LogP contribution in [0, 0.1) is 5.92 Å². The van der Waals surface area contributed by atoms with E-state index in [9.17, 15) is 13.2 Å². The molecule has 1 atom stereocenters. The van der Waals surface area contributed by atoms with E-state index in [-0.39, 0.29) is 29.3 Å². The first-order chi connectivity index (χ1) is 14.4. The number of rotatable bonds is 8. The molecule has 1 amide bonds. The predicted molar refractivity (Wildman–Crippen MR) is 113 cm³/mol. The minimum absolute atomic E-state index is 0.218. The number of para-hydroxylation sites is 1. The lowest BCUT2D eigenvalue weighted by Crippen LogP contribution is -2.41. The van der Waals surface area contributed by atoms with Gasteiger partial charge in [0.15, 0.2) is 9.84 Å². The van der Waals surface area contributed by atoms with Crippen molar-refractivity contribution in [3.8, 4) is 11.6 Å². The Morgan fingerprint density at radius 3 is 2.53 bits per heavy atom. The molecule has 0 aliphatic heterocycles. The number of nitrogens with one attached hydrogen (secondary N) is 1. The second-order valence-corrected chi connectivity index (χ2v) is 9.92. The van der Waals surface area contributed by atoms with Crippen LogP contribution in [0.2, 0.25) is 0 Å². The van der Waals surface area contributed by atoms with Gasteiger partial charge in [0, 0.05) is 23.8 Å². The fraction of sp³-hybridized carbons (Fsp3) is 0.409. The van der Waals surface area contributed by atoms with Crippen molar-refractivity contribution in [2.24, 2.45) is 5.92 Å².